The van der Waals surface area contributed by atoms with E-state index in [1.165, 1.54) is 19.4 Å². The van der Waals surface area contributed by atoms with Crippen LogP contribution in [0.4, 0.5) is 0 Å². The van der Waals surface area contributed by atoms with Crippen LogP contribution in [-0.4, -0.2) is 4.98 Å². The largest absolute Gasteiger partial charge is 0.449 e. The predicted octanol–water partition coefficient (Wildman–Crippen LogP) is 1.24. The molecule has 0 unspecified atom stereocenters. The van der Waals surface area contributed by atoms with Gasteiger partial charge < -0.3 is 4.42 Å². The smallest absolute Gasteiger partial charge is 0.193 e. The van der Waals surface area contributed by atoms with E-state index in [9.17, 15) is 0 Å². The molecule has 1 rings (SSSR count). The molecule has 0 aliphatic carbocycles. The van der Waals surface area contributed by atoms with Crippen LogP contribution >= 0.6 is 0 Å². The van der Waals surface area contributed by atoms with Crippen molar-refractivity contribution in [2.75, 3.05) is 0 Å². The molecule has 0 spiro atoms. The van der Waals surface area contributed by atoms with E-state index in [1.807, 2.05) is 0 Å². The highest BCUT2D eigenvalue weighted by Crippen LogP contribution is 1.92. The van der Waals surface area contributed by atoms with Gasteiger partial charge in [-0.3, -0.25) is 0 Å². The number of oxazole rings is 1. The number of aryl methyl sites for hydroxylation is 1. The van der Waals surface area contributed by atoms with Crippen molar-refractivity contribution in [1.82, 2.24) is 4.98 Å². The van der Waals surface area contributed by atoms with Gasteiger partial charge in [-0.25, -0.2) is 4.98 Å². The van der Waals surface area contributed by atoms with Gasteiger partial charge >= 0.3 is 0 Å². The molecule has 0 N–H and O–H groups in total. The van der Waals surface area contributed by atoms with E-state index in [0.717, 1.165) is 0 Å². The number of hydrogen-bond donors (Lipinski definition) is 0. The fraction of sp³-hybridized carbons (Fsp3) is 0.400. The normalized spacial score (nSPS) is 15.6. The lowest BCUT2D eigenvalue weighted by Gasteiger charge is -1.77. The Hall–Kier alpha value is -0.790. The molecule has 2 nitrogen and oxygen atoms in total. The Morgan fingerprint density at radius 1 is 2.14 bits per heavy atom. The Labute approximate surface area is 45.0 Å². The molecule has 0 fully saturated rings. The Kier molecular flexibility index (Phi) is 0.635. The van der Waals surface area contributed by atoms with E-state index in [2.05, 4.69) is 4.98 Å². The van der Waals surface area contributed by atoms with Gasteiger partial charge in [-0.2, -0.15) is 0 Å². The zero-order chi connectivity index (χ0) is 6.91. The van der Waals surface area contributed by atoms with Crippen LogP contribution in [0.2, 0.25) is 0 Å². The second-order valence-corrected chi connectivity index (χ2v) is 1.09. The van der Waals surface area contributed by atoms with Crippen LogP contribution in [0.15, 0.2) is 16.9 Å². The zero-order valence-corrected chi connectivity index (χ0v) is 4.01. The van der Waals surface area contributed by atoms with Crippen molar-refractivity contribution in [1.29, 1.82) is 0 Å². The van der Waals surface area contributed by atoms with Crippen LogP contribution in [0.3, 0.4) is 0 Å². The summed E-state index contributed by atoms with van der Waals surface area (Å²) in [7, 11) is 0. The second-order valence-electron chi connectivity index (χ2n) is 1.09. The van der Waals surface area contributed by atoms with Crippen molar-refractivity contribution in [3.63, 3.8) is 0 Å². The van der Waals surface area contributed by atoms with Crippen molar-refractivity contribution in [3.8, 4) is 0 Å². The topological polar surface area (TPSA) is 26.0 Å². The van der Waals surface area contributed by atoms with Gasteiger partial charge in [0.25, 0.3) is 0 Å². The Balaban J connectivity index is 2.90. The number of rotatable bonds is 1. The molecule has 0 bridgehead atoms. The SMILES string of the molecule is [2H]C([2H])(C)c1ncco1. The molecule has 7 heavy (non-hydrogen) atoms. The van der Waals surface area contributed by atoms with Crippen molar-refractivity contribution in [3.05, 3.63) is 18.4 Å². The Morgan fingerprint density at radius 3 is 3.29 bits per heavy atom. The second kappa shape index (κ2) is 1.78. The summed E-state index contributed by atoms with van der Waals surface area (Å²) in [6, 6.07) is 0. The monoisotopic (exact) mass is 99.1 g/mol. The van der Waals surface area contributed by atoms with Crippen LogP contribution in [0.1, 0.15) is 15.6 Å². The van der Waals surface area contributed by atoms with E-state index in [-0.39, 0.29) is 5.89 Å². The highest BCUT2D eigenvalue weighted by Gasteiger charge is 1.86. The van der Waals surface area contributed by atoms with E-state index in [1.54, 1.807) is 0 Å². The molecular weight excluding hydrogens is 90.1 g/mol. The summed E-state index contributed by atoms with van der Waals surface area (Å²) in [6.07, 6.45) is 1.33. The molecule has 0 atom stereocenters. The first kappa shape index (κ1) is 2.50. The maximum Gasteiger partial charge on any atom is 0.193 e. The summed E-state index contributed by atoms with van der Waals surface area (Å²) in [5.74, 6) is 0.127. The molecule has 1 aromatic rings. The number of aromatic nitrogens is 1. The summed E-state index contributed by atoms with van der Waals surface area (Å²) >= 11 is 0. The third-order valence-corrected chi connectivity index (χ3v) is 0.646. The van der Waals surface area contributed by atoms with Crippen LogP contribution in [0, 0.1) is 0 Å². The van der Waals surface area contributed by atoms with Crippen molar-refractivity contribution in [2.24, 2.45) is 0 Å². The van der Waals surface area contributed by atoms with Crippen LogP contribution in [0.25, 0.3) is 0 Å². The molecule has 0 amide bonds. The van der Waals surface area contributed by atoms with Gasteiger partial charge in [0.1, 0.15) is 6.26 Å². The lowest BCUT2D eigenvalue weighted by atomic mass is 10.5. The molecule has 0 radical (unpaired) electrons. The first-order valence-corrected chi connectivity index (χ1v) is 2.00. The van der Waals surface area contributed by atoms with E-state index in [4.69, 9.17) is 7.16 Å². The molecule has 0 aliphatic heterocycles. The molecule has 1 heterocycles. The van der Waals surface area contributed by atoms with Crippen molar-refractivity contribution < 1.29 is 7.16 Å². The average Bonchev–Trinajstić information content (AvgIpc) is 2.08. The van der Waals surface area contributed by atoms with E-state index in [0.29, 0.717) is 0 Å². The van der Waals surface area contributed by atoms with Gasteiger partial charge in [0.05, 0.1) is 6.20 Å². The highest BCUT2D eigenvalue weighted by atomic mass is 16.3. The van der Waals surface area contributed by atoms with Crippen LogP contribution < -0.4 is 0 Å². The third kappa shape index (κ3) is 0.796. The maximum absolute atomic E-state index is 7.10. The van der Waals surface area contributed by atoms with Gasteiger partial charge in [0.15, 0.2) is 5.89 Å². The highest BCUT2D eigenvalue weighted by molar-refractivity contribution is 4.76. The van der Waals surface area contributed by atoms with Gasteiger partial charge in [-0.15, -0.1) is 0 Å². The molecular formula is C5H7NO. The molecule has 38 valence electrons. The fourth-order valence-electron chi connectivity index (χ4n) is 0.347. The summed E-state index contributed by atoms with van der Waals surface area (Å²) in [4.78, 5) is 3.65. The minimum absolute atomic E-state index is 0.127. The Bertz CT molecular complexity index is 177. The molecule has 0 saturated heterocycles. The third-order valence-electron chi connectivity index (χ3n) is 0.646. The maximum atomic E-state index is 7.10. The van der Waals surface area contributed by atoms with Gasteiger partial charge in [-0.1, -0.05) is 6.92 Å². The number of hydrogen-bond acceptors (Lipinski definition) is 2. The standard InChI is InChI=1S/C5H7NO/c1-2-5-6-3-4-7-5/h3-4H,2H2,1H3/i2D2. The number of nitrogens with zero attached hydrogens (tertiary/aromatic N) is 1. The van der Waals surface area contributed by atoms with Gasteiger partial charge in [0, 0.05) is 9.11 Å². The first-order chi connectivity index (χ1) is 4.11. The summed E-state index contributed by atoms with van der Waals surface area (Å²) in [6.45, 7) is 1.40. The molecule has 0 saturated carbocycles. The summed E-state index contributed by atoms with van der Waals surface area (Å²) in [5.41, 5.74) is 0. The van der Waals surface area contributed by atoms with E-state index < -0.39 is 6.37 Å². The minimum Gasteiger partial charge on any atom is -0.449 e. The zero-order valence-electron chi connectivity index (χ0n) is 6.01. The minimum atomic E-state index is -1.45. The molecule has 0 aromatic carbocycles. The lowest BCUT2D eigenvalue weighted by molar-refractivity contribution is 0.502. The van der Waals surface area contributed by atoms with Crippen LogP contribution in [0.5, 0.6) is 0 Å². The van der Waals surface area contributed by atoms with Gasteiger partial charge in [0.2, 0.25) is 0 Å². The first-order valence-electron chi connectivity index (χ1n) is 3.00. The summed E-state index contributed by atoms with van der Waals surface area (Å²) in [5, 5.41) is 0. The van der Waals surface area contributed by atoms with Crippen LogP contribution in [-0.2, 0) is 6.37 Å². The quantitative estimate of drug-likeness (QED) is 0.529. The molecule has 1 aromatic heterocycles. The average molecular weight is 99.1 g/mol. The predicted molar refractivity (Wildman–Crippen MR) is 25.9 cm³/mol. The molecule has 0 aliphatic rings. The van der Waals surface area contributed by atoms with Crippen molar-refractivity contribution in [2.45, 2.75) is 13.3 Å². The lowest BCUT2D eigenvalue weighted by Crippen LogP contribution is -1.73. The van der Waals surface area contributed by atoms with Gasteiger partial charge in [-0.05, 0) is 0 Å². The Morgan fingerprint density at radius 2 is 3.00 bits per heavy atom. The van der Waals surface area contributed by atoms with E-state index >= 15 is 0 Å². The fourth-order valence-corrected chi connectivity index (χ4v) is 0.347. The van der Waals surface area contributed by atoms with Crippen molar-refractivity contribution >= 4 is 0 Å². The summed E-state index contributed by atoms with van der Waals surface area (Å²) < 4.78 is 18.9. The molecule has 2 heteroatoms.